The van der Waals surface area contributed by atoms with Gasteiger partial charge in [-0.1, -0.05) is 12.1 Å². The Balaban J connectivity index is 0.00000264. The molecule has 1 spiro atoms. The Labute approximate surface area is 271 Å². The van der Waals surface area contributed by atoms with Gasteiger partial charge in [-0.25, -0.2) is 26.5 Å². The number of rotatable bonds is 10. The van der Waals surface area contributed by atoms with Gasteiger partial charge in [0.05, 0.1) is 24.9 Å². The number of piperidine rings is 1. The summed E-state index contributed by atoms with van der Waals surface area (Å²) < 4.78 is 72.6. The number of ether oxygens (including phenoxy) is 3. The number of anilines is 1. The van der Waals surface area contributed by atoms with Gasteiger partial charge >= 0.3 is 0 Å². The zero-order valence-corrected chi connectivity index (χ0v) is 28.1. The fourth-order valence-electron chi connectivity index (χ4n) is 5.70. The molecule has 44 heavy (non-hydrogen) atoms. The van der Waals surface area contributed by atoms with Crippen molar-refractivity contribution < 1.29 is 36.2 Å². The lowest BCUT2D eigenvalue weighted by Crippen LogP contribution is -2.47. The van der Waals surface area contributed by atoms with E-state index in [1.165, 1.54) is 23.6 Å². The molecule has 1 aromatic heterocycles. The molecule has 2 saturated heterocycles. The quantitative estimate of drug-likeness (QED) is 0.329. The summed E-state index contributed by atoms with van der Waals surface area (Å²) in [5.41, 5.74) is 0.236. The van der Waals surface area contributed by atoms with Crippen molar-refractivity contribution >= 4 is 50.5 Å². The van der Waals surface area contributed by atoms with Crippen molar-refractivity contribution in [3.05, 3.63) is 36.5 Å². The first-order valence-electron chi connectivity index (χ1n) is 14.0. The van der Waals surface area contributed by atoms with E-state index < -0.39 is 31.8 Å². The predicted molar refractivity (Wildman–Crippen MR) is 169 cm³/mol. The first-order valence-corrected chi connectivity index (χ1v) is 16.9. The second kappa shape index (κ2) is 14.6. The van der Waals surface area contributed by atoms with Crippen LogP contribution in [0.5, 0.6) is 11.6 Å². The van der Waals surface area contributed by atoms with Crippen LogP contribution in [0.2, 0.25) is 0 Å². The molecule has 0 radical (unpaired) electrons. The number of pyridine rings is 1. The average molecular weight is 699 g/mol. The van der Waals surface area contributed by atoms with Crippen LogP contribution in [-0.4, -0.2) is 109 Å². The summed E-state index contributed by atoms with van der Waals surface area (Å²) in [6.07, 6.45) is 2.28. The van der Waals surface area contributed by atoms with Gasteiger partial charge in [-0.15, -0.1) is 24.8 Å². The van der Waals surface area contributed by atoms with Gasteiger partial charge in [0.15, 0.2) is 0 Å². The van der Waals surface area contributed by atoms with Crippen molar-refractivity contribution in [2.75, 3.05) is 58.4 Å². The molecular weight excluding hydrogens is 657 g/mol. The highest BCUT2D eigenvalue weighted by Gasteiger charge is 2.45. The minimum atomic E-state index is -3.73. The van der Waals surface area contributed by atoms with E-state index in [-0.39, 0.29) is 65.7 Å². The number of nitrogens with one attached hydrogen (secondary N) is 2. The summed E-state index contributed by atoms with van der Waals surface area (Å²) in [5, 5.41) is 13.8. The molecular formula is C27H41Cl2N5O8S2. The van der Waals surface area contributed by atoms with E-state index in [1.54, 1.807) is 24.3 Å². The topological polar surface area (TPSA) is 160 Å². The predicted octanol–water partition coefficient (Wildman–Crippen LogP) is 1.39. The van der Waals surface area contributed by atoms with Crippen LogP contribution in [0.3, 0.4) is 0 Å². The molecule has 2 fully saturated rings. The van der Waals surface area contributed by atoms with E-state index in [2.05, 4.69) is 15.0 Å². The number of fused-ring (bicyclic) bond motifs is 1. The zero-order chi connectivity index (χ0) is 30.1. The third-order valence-electron chi connectivity index (χ3n) is 8.02. The SMILES string of the molecule is CNS(=O)(=O)c1ccccc1OC[C@@H](O)CN[C@H]1COC2(CCN(S(=O)(=O)c3cnc4c(c3)N(C)C[C@@H](C)O4)CC2)C1.Cl.Cl. The minimum Gasteiger partial charge on any atom is -0.489 e. The molecule has 3 N–H and O–H groups in total. The van der Waals surface area contributed by atoms with E-state index in [0.29, 0.717) is 57.1 Å². The van der Waals surface area contributed by atoms with Gasteiger partial charge in [0.1, 0.15) is 40.0 Å². The van der Waals surface area contributed by atoms with E-state index in [4.69, 9.17) is 14.2 Å². The molecule has 0 amide bonds. The molecule has 3 atom stereocenters. The third-order valence-corrected chi connectivity index (χ3v) is 11.3. The molecule has 4 heterocycles. The Kier molecular flexibility index (Phi) is 12.2. The standard InChI is InChI=1S/C27H39N5O8S2.2ClH/c1-19-16-31(3)23-12-22(15-30-26(23)40-19)42(36,37)32-10-8-27(9-11-32)13-20(17-39-27)29-14-21(33)18-38-24-6-4-5-7-25(24)41(34,35)28-2;;/h4-7,12,15,19-21,28-29,33H,8-11,13-14,16-18H2,1-3H3;2*1H/t19-,20-,21+;;/m1../s1. The first-order chi connectivity index (χ1) is 19.9. The summed E-state index contributed by atoms with van der Waals surface area (Å²) in [6.45, 7) is 3.85. The van der Waals surface area contributed by atoms with E-state index in [0.717, 1.165) is 0 Å². The lowest BCUT2D eigenvalue weighted by molar-refractivity contribution is -0.0312. The van der Waals surface area contributed by atoms with Crippen LogP contribution in [0, 0.1) is 0 Å². The number of aliphatic hydroxyl groups is 1. The molecule has 0 saturated carbocycles. The monoisotopic (exact) mass is 697 g/mol. The van der Waals surface area contributed by atoms with E-state index in [1.807, 2.05) is 18.9 Å². The number of sulfonamides is 2. The summed E-state index contributed by atoms with van der Waals surface area (Å²) in [4.78, 5) is 6.39. The van der Waals surface area contributed by atoms with Crippen LogP contribution in [0.15, 0.2) is 46.3 Å². The van der Waals surface area contributed by atoms with Crippen molar-refractivity contribution in [3.63, 3.8) is 0 Å². The maximum atomic E-state index is 13.4. The molecule has 3 aliphatic heterocycles. The molecule has 13 nitrogen and oxygen atoms in total. The number of hydrogen-bond acceptors (Lipinski definition) is 11. The maximum absolute atomic E-state index is 13.4. The number of hydrogen-bond donors (Lipinski definition) is 3. The normalized spacial score (nSPS) is 22.3. The van der Waals surface area contributed by atoms with Crippen LogP contribution in [0.25, 0.3) is 0 Å². The van der Waals surface area contributed by atoms with Gasteiger partial charge in [-0.3, -0.25) is 0 Å². The van der Waals surface area contributed by atoms with Crippen molar-refractivity contribution in [1.29, 1.82) is 0 Å². The molecule has 5 rings (SSSR count). The molecule has 0 aliphatic carbocycles. The molecule has 248 valence electrons. The molecule has 0 unspecified atom stereocenters. The summed E-state index contributed by atoms with van der Waals surface area (Å²) in [7, 11) is -4.20. The van der Waals surface area contributed by atoms with Crippen molar-refractivity contribution in [1.82, 2.24) is 19.3 Å². The number of nitrogens with zero attached hydrogens (tertiary/aromatic N) is 3. The fourth-order valence-corrected chi connectivity index (χ4v) is 7.97. The second-order valence-electron chi connectivity index (χ2n) is 11.1. The minimum absolute atomic E-state index is 0. The van der Waals surface area contributed by atoms with Gasteiger partial charge in [-0.2, -0.15) is 4.31 Å². The largest absolute Gasteiger partial charge is 0.489 e. The van der Waals surface area contributed by atoms with Gasteiger partial charge in [0.25, 0.3) is 0 Å². The Bertz CT molecular complexity index is 1490. The third kappa shape index (κ3) is 7.88. The van der Waals surface area contributed by atoms with Crippen molar-refractivity contribution in [2.45, 2.75) is 59.8 Å². The van der Waals surface area contributed by atoms with Crippen LogP contribution < -0.4 is 24.4 Å². The highest BCUT2D eigenvalue weighted by Crippen LogP contribution is 2.38. The van der Waals surface area contributed by atoms with Crippen LogP contribution >= 0.6 is 24.8 Å². The Morgan fingerprint density at radius 2 is 1.89 bits per heavy atom. The van der Waals surface area contributed by atoms with Gasteiger partial charge in [-0.05, 0) is 51.4 Å². The van der Waals surface area contributed by atoms with Gasteiger partial charge in [0.2, 0.25) is 25.9 Å². The van der Waals surface area contributed by atoms with E-state index >= 15 is 0 Å². The smallest absolute Gasteiger partial charge is 0.244 e. The molecule has 3 aliphatic rings. The second-order valence-corrected chi connectivity index (χ2v) is 14.9. The lowest BCUT2D eigenvalue weighted by Gasteiger charge is -2.38. The highest BCUT2D eigenvalue weighted by atomic mass is 35.5. The Morgan fingerprint density at radius 3 is 2.59 bits per heavy atom. The van der Waals surface area contributed by atoms with Crippen LogP contribution in [0.1, 0.15) is 26.2 Å². The Hall–Kier alpha value is -1.95. The number of likely N-dealkylation sites (N-methyl/N-ethyl adjacent to an activating group) is 1. The van der Waals surface area contributed by atoms with Crippen LogP contribution in [-0.2, 0) is 24.8 Å². The maximum Gasteiger partial charge on any atom is 0.244 e. The van der Waals surface area contributed by atoms with Crippen molar-refractivity contribution in [3.8, 4) is 11.6 Å². The highest BCUT2D eigenvalue weighted by molar-refractivity contribution is 7.89. The van der Waals surface area contributed by atoms with Crippen LogP contribution in [0.4, 0.5) is 5.69 Å². The lowest BCUT2D eigenvalue weighted by atomic mass is 9.88. The number of aromatic nitrogens is 1. The van der Waals surface area contributed by atoms with Crippen molar-refractivity contribution in [2.24, 2.45) is 0 Å². The average Bonchev–Trinajstić information content (AvgIpc) is 3.37. The van der Waals surface area contributed by atoms with Gasteiger partial charge in [0, 0.05) is 32.7 Å². The number of para-hydroxylation sites is 1. The zero-order valence-electron chi connectivity index (χ0n) is 24.8. The van der Waals surface area contributed by atoms with E-state index in [9.17, 15) is 21.9 Å². The molecule has 2 aromatic rings. The molecule has 0 bridgehead atoms. The summed E-state index contributed by atoms with van der Waals surface area (Å²) in [6, 6.07) is 7.87. The molecule has 1 aromatic carbocycles. The summed E-state index contributed by atoms with van der Waals surface area (Å²) in [5.74, 6) is 0.603. The Morgan fingerprint density at radius 1 is 1.18 bits per heavy atom. The van der Waals surface area contributed by atoms with Gasteiger partial charge < -0.3 is 29.5 Å². The number of aliphatic hydroxyl groups excluding tert-OH is 1. The fraction of sp³-hybridized carbons (Fsp3) is 0.593. The molecule has 17 heteroatoms. The number of benzene rings is 1. The first kappa shape index (κ1) is 36.5. The number of halogens is 2. The summed E-state index contributed by atoms with van der Waals surface area (Å²) >= 11 is 0.